The van der Waals surface area contributed by atoms with Crippen LogP contribution in [0.15, 0.2) is 47.6 Å². The number of rotatable bonds is 5. The Hall–Kier alpha value is -3.49. The van der Waals surface area contributed by atoms with Crippen LogP contribution in [0.1, 0.15) is 5.56 Å². The molecule has 4 nitrogen and oxygen atoms in total. The predicted octanol–water partition coefficient (Wildman–Crippen LogP) is 4.06. The first-order chi connectivity index (χ1) is 13.4. The molecule has 0 fully saturated rings. The molecule has 0 aromatic heterocycles. The average Bonchev–Trinajstić information content (AvgIpc) is 2.71. The van der Waals surface area contributed by atoms with Crippen molar-refractivity contribution in [2.45, 2.75) is 0 Å². The van der Waals surface area contributed by atoms with Crippen LogP contribution in [0.2, 0.25) is 0 Å². The molecule has 0 atom stereocenters. The first kappa shape index (κ1) is 19.3. The molecule has 0 radical (unpaired) electrons. The summed E-state index contributed by atoms with van der Waals surface area (Å²) in [5.74, 6) is -11.0. The lowest BCUT2D eigenvalue weighted by atomic mass is 10.1. The molecule has 1 N–H and O–H groups in total. The van der Waals surface area contributed by atoms with Crippen LogP contribution in [0.25, 0.3) is 10.8 Å². The van der Waals surface area contributed by atoms with Crippen LogP contribution in [0, 0.1) is 29.1 Å². The van der Waals surface area contributed by atoms with E-state index in [1.165, 1.54) is 0 Å². The summed E-state index contributed by atoms with van der Waals surface area (Å²) in [6.45, 7) is -0.479. The van der Waals surface area contributed by atoms with Crippen molar-refractivity contribution in [2.24, 2.45) is 5.10 Å². The van der Waals surface area contributed by atoms with Crippen molar-refractivity contribution in [2.75, 3.05) is 6.61 Å². The van der Waals surface area contributed by atoms with E-state index >= 15 is 0 Å². The molecule has 0 aliphatic rings. The van der Waals surface area contributed by atoms with Gasteiger partial charge in [-0.15, -0.1) is 0 Å². The number of nitrogens with zero attached hydrogens (tertiary/aromatic N) is 1. The minimum absolute atomic E-state index is 0.324. The smallest absolute Gasteiger partial charge is 0.277 e. The lowest BCUT2D eigenvalue weighted by Gasteiger charge is -2.06. The van der Waals surface area contributed by atoms with E-state index in [2.05, 4.69) is 5.10 Å². The summed E-state index contributed by atoms with van der Waals surface area (Å²) in [5.41, 5.74) is 0.609. The maximum atomic E-state index is 13.5. The largest absolute Gasteiger partial charge is 0.484 e. The van der Waals surface area contributed by atoms with Crippen LogP contribution in [-0.4, -0.2) is 18.7 Å². The van der Waals surface area contributed by atoms with E-state index in [9.17, 15) is 26.7 Å². The number of halogens is 5. The highest BCUT2D eigenvalue weighted by atomic mass is 19.2. The van der Waals surface area contributed by atoms with Gasteiger partial charge in [-0.05, 0) is 22.9 Å². The van der Waals surface area contributed by atoms with E-state index in [4.69, 9.17) is 4.74 Å². The lowest BCUT2D eigenvalue weighted by molar-refractivity contribution is -0.123. The summed E-state index contributed by atoms with van der Waals surface area (Å²) in [4.78, 5) is 11.7. The van der Waals surface area contributed by atoms with Gasteiger partial charge >= 0.3 is 0 Å². The van der Waals surface area contributed by atoms with E-state index in [1.807, 2.05) is 29.7 Å². The van der Waals surface area contributed by atoms with E-state index in [0.717, 1.165) is 10.8 Å². The molecule has 9 heteroatoms. The Morgan fingerprint density at radius 3 is 2.18 bits per heavy atom. The number of carbonyl (C=O) groups is 1. The number of nitrogens with one attached hydrogen (secondary N) is 1. The third kappa shape index (κ3) is 3.93. The Balaban J connectivity index is 1.63. The molecule has 0 aliphatic heterocycles. The SMILES string of the molecule is O=C(COc1ccc2ccccc2c1)NN=Cc1c(F)c(F)c(F)c(F)c1F. The van der Waals surface area contributed by atoms with Crippen molar-refractivity contribution < 1.29 is 31.5 Å². The molecule has 3 aromatic rings. The fourth-order valence-electron chi connectivity index (χ4n) is 2.34. The summed E-state index contributed by atoms with van der Waals surface area (Å²) in [6, 6.07) is 12.6. The molecule has 144 valence electrons. The zero-order valence-electron chi connectivity index (χ0n) is 14.0. The maximum Gasteiger partial charge on any atom is 0.277 e. The van der Waals surface area contributed by atoms with Gasteiger partial charge in [0, 0.05) is 0 Å². The first-order valence-corrected chi connectivity index (χ1v) is 7.83. The van der Waals surface area contributed by atoms with E-state index in [0.29, 0.717) is 12.0 Å². The molecule has 0 bridgehead atoms. The van der Waals surface area contributed by atoms with Crippen LogP contribution >= 0.6 is 0 Å². The third-order valence-corrected chi connectivity index (χ3v) is 3.72. The molecule has 3 rings (SSSR count). The molecule has 1 amide bonds. The molecule has 0 saturated carbocycles. The van der Waals surface area contributed by atoms with Crippen molar-refractivity contribution >= 4 is 22.9 Å². The minimum Gasteiger partial charge on any atom is -0.484 e. The fraction of sp³-hybridized carbons (Fsp3) is 0.0526. The van der Waals surface area contributed by atoms with Gasteiger partial charge in [0.2, 0.25) is 5.82 Å². The molecular formula is C19H11F5N2O2. The molecule has 0 aliphatic carbocycles. The van der Waals surface area contributed by atoms with Gasteiger partial charge in [-0.3, -0.25) is 4.79 Å². The number of hydrogen-bond acceptors (Lipinski definition) is 3. The summed E-state index contributed by atoms with van der Waals surface area (Å²) in [7, 11) is 0. The van der Waals surface area contributed by atoms with E-state index < -0.39 is 47.2 Å². The number of benzene rings is 3. The second-order valence-corrected chi connectivity index (χ2v) is 5.57. The summed E-state index contributed by atoms with van der Waals surface area (Å²) < 4.78 is 71.3. The van der Waals surface area contributed by atoms with Crippen LogP contribution in [-0.2, 0) is 4.79 Å². The van der Waals surface area contributed by atoms with E-state index in [1.54, 1.807) is 18.2 Å². The van der Waals surface area contributed by atoms with Gasteiger partial charge in [0.15, 0.2) is 29.9 Å². The first-order valence-electron chi connectivity index (χ1n) is 7.83. The van der Waals surface area contributed by atoms with Crippen molar-refractivity contribution in [3.63, 3.8) is 0 Å². The Bertz CT molecular complexity index is 1060. The highest BCUT2D eigenvalue weighted by molar-refractivity contribution is 5.85. The average molecular weight is 394 g/mol. The molecule has 3 aromatic carbocycles. The second kappa shape index (κ2) is 8.03. The summed E-state index contributed by atoms with van der Waals surface area (Å²) in [6.07, 6.45) is 0.324. The summed E-state index contributed by atoms with van der Waals surface area (Å²) >= 11 is 0. The topological polar surface area (TPSA) is 50.7 Å². The molecule has 28 heavy (non-hydrogen) atoms. The highest BCUT2D eigenvalue weighted by Crippen LogP contribution is 2.22. The van der Waals surface area contributed by atoms with E-state index in [-0.39, 0.29) is 0 Å². The van der Waals surface area contributed by atoms with Crippen molar-refractivity contribution in [3.05, 3.63) is 77.1 Å². The fourth-order valence-corrected chi connectivity index (χ4v) is 2.34. The highest BCUT2D eigenvalue weighted by Gasteiger charge is 2.24. The monoisotopic (exact) mass is 394 g/mol. The number of hydrogen-bond donors (Lipinski definition) is 1. The lowest BCUT2D eigenvalue weighted by Crippen LogP contribution is -2.24. The summed E-state index contributed by atoms with van der Waals surface area (Å²) in [5, 5.41) is 5.07. The van der Waals surface area contributed by atoms with Gasteiger partial charge in [0.1, 0.15) is 5.75 Å². The minimum atomic E-state index is -2.28. The van der Waals surface area contributed by atoms with Gasteiger partial charge in [-0.2, -0.15) is 5.10 Å². The zero-order chi connectivity index (χ0) is 20.3. The number of hydrazone groups is 1. The van der Waals surface area contributed by atoms with Crippen LogP contribution in [0.5, 0.6) is 5.75 Å². The molecule has 0 spiro atoms. The van der Waals surface area contributed by atoms with Crippen molar-refractivity contribution in [1.29, 1.82) is 0 Å². The Morgan fingerprint density at radius 1 is 0.893 bits per heavy atom. The van der Waals surface area contributed by atoms with Crippen molar-refractivity contribution in [1.82, 2.24) is 5.43 Å². The Labute approximate surface area is 155 Å². The molecule has 0 saturated heterocycles. The van der Waals surface area contributed by atoms with Crippen LogP contribution in [0.4, 0.5) is 22.0 Å². The van der Waals surface area contributed by atoms with Crippen LogP contribution in [0.3, 0.4) is 0 Å². The molecule has 0 unspecified atom stereocenters. The number of ether oxygens (including phenoxy) is 1. The second-order valence-electron chi connectivity index (χ2n) is 5.57. The number of fused-ring (bicyclic) bond motifs is 1. The van der Waals surface area contributed by atoms with Gasteiger partial charge in [0.25, 0.3) is 5.91 Å². The Kier molecular flexibility index (Phi) is 5.53. The van der Waals surface area contributed by atoms with Gasteiger partial charge in [-0.1, -0.05) is 30.3 Å². The van der Waals surface area contributed by atoms with Gasteiger partial charge in [0.05, 0.1) is 11.8 Å². The number of carbonyl (C=O) groups excluding carboxylic acids is 1. The Morgan fingerprint density at radius 2 is 1.50 bits per heavy atom. The zero-order valence-corrected chi connectivity index (χ0v) is 14.0. The molecule has 0 heterocycles. The predicted molar refractivity (Wildman–Crippen MR) is 91.4 cm³/mol. The van der Waals surface area contributed by atoms with Crippen molar-refractivity contribution in [3.8, 4) is 5.75 Å². The van der Waals surface area contributed by atoms with Gasteiger partial charge < -0.3 is 4.74 Å². The maximum absolute atomic E-state index is 13.5. The number of amides is 1. The third-order valence-electron chi connectivity index (χ3n) is 3.72. The van der Waals surface area contributed by atoms with Crippen LogP contribution < -0.4 is 10.2 Å². The van der Waals surface area contributed by atoms with Gasteiger partial charge in [-0.25, -0.2) is 27.4 Å². The standard InChI is InChI=1S/C19H11F5N2O2/c20-15-13(16(21)18(23)19(24)17(15)22)8-25-26-14(27)9-28-12-6-5-10-3-1-2-4-11(10)7-12/h1-8H,9H2,(H,26,27). The normalized spacial score (nSPS) is 11.2. The molecular weight excluding hydrogens is 383 g/mol. The quantitative estimate of drug-likeness (QED) is 0.233.